The highest BCUT2D eigenvalue weighted by atomic mass is 127. The van der Waals surface area contributed by atoms with Crippen LogP contribution in [0.3, 0.4) is 0 Å². The molecule has 1 aromatic carbocycles. The molecule has 1 saturated heterocycles. The molecule has 0 atom stereocenters. The minimum absolute atomic E-state index is 0. The van der Waals surface area contributed by atoms with E-state index in [1.165, 1.54) is 0 Å². The topological polar surface area (TPSA) is 92.0 Å². The summed E-state index contributed by atoms with van der Waals surface area (Å²) in [4.78, 5) is 17.5. The van der Waals surface area contributed by atoms with Gasteiger partial charge in [0.15, 0.2) is 5.96 Å². The lowest BCUT2D eigenvalue weighted by molar-refractivity contribution is 0.188. The number of hydrogen-bond donors (Lipinski definition) is 3. The third-order valence-corrected chi connectivity index (χ3v) is 4.42. The van der Waals surface area contributed by atoms with E-state index in [9.17, 15) is 4.79 Å². The van der Waals surface area contributed by atoms with Crippen molar-refractivity contribution >= 4 is 36.0 Å². The molecule has 0 unspecified atom stereocenters. The number of guanidine groups is 1. The van der Waals surface area contributed by atoms with Crippen LogP contribution in [-0.4, -0.2) is 55.7 Å². The van der Waals surface area contributed by atoms with Crippen molar-refractivity contribution in [2.24, 2.45) is 10.7 Å². The Kier molecular flexibility index (Phi) is 10.9. The van der Waals surface area contributed by atoms with Crippen LogP contribution in [0.1, 0.15) is 31.7 Å². The summed E-state index contributed by atoms with van der Waals surface area (Å²) in [6.07, 6.45) is 2.61. The van der Waals surface area contributed by atoms with Crippen molar-refractivity contribution in [3.63, 3.8) is 0 Å². The van der Waals surface area contributed by atoms with Crippen LogP contribution < -0.4 is 21.1 Å². The zero-order chi connectivity index (χ0) is 18.8. The largest absolute Gasteiger partial charge is 0.493 e. The summed E-state index contributed by atoms with van der Waals surface area (Å²) >= 11 is 0. The predicted octanol–water partition coefficient (Wildman–Crippen LogP) is 2.48. The summed E-state index contributed by atoms with van der Waals surface area (Å²) < 4.78 is 5.80. The summed E-state index contributed by atoms with van der Waals surface area (Å²) in [5.41, 5.74) is 6.47. The number of nitrogens with zero attached hydrogens (tertiary/aromatic N) is 2. The van der Waals surface area contributed by atoms with Crippen molar-refractivity contribution in [1.82, 2.24) is 15.5 Å². The van der Waals surface area contributed by atoms with Gasteiger partial charge in [-0.1, -0.05) is 18.2 Å². The van der Waals surface area contributed by atoms with E-state index in [2.05, 4.69) is 15.6 Å². The number of halogens is 1. The second-order valence-electron chi connectivity index (χ2n) is 6.47. The Morgan fingerprint density at radius 2 is 2.04 bits per heavy atom. The van der Waals surface area contributed by atoms with Gasteiger partial charge in [-0.25, -0.2) is 4.79 Å². The number of carbonyl (C=O) groups is 1. The minimum atomic E-state index is -0.335. The molecule has 1 aromatic rings. The lowest BCUT2D eigenvalue weighted by Crippen LogP contribution is -2.50. The van der Waals surface area contributed by atoms with Crippen LogP contribution in [0.25, 0.3) is 0 Å². The van der Waals surface area contributed by atoms with Crippen LogP contribution in [0, 0.1) is 6.92 Å². The van der Waals surface area contributed by atoms with Crippen LogP contribution in [-0.2, 0) is 0 Å². The molecule has 0 radical (unpaired) electrons. The number of nitrogens with one attached hydrogen (secondary N) is 2. The maximum atomic E-state index is 11.2. The molecule has 8 heteroatoms. The van der Waals surface area contributed by atoms with Gasteiger partial charge < -0.3 is 26.0 Å². The summed E-state index contributed by atoms with van der Waals surface area (Å²) in [6, 6.07) is 8.00. The van der Waals surface area contributed by atoms with E-state index in [0.717, 1.165) is 43.1 Å². The van der Waals surface area contributed by atoms with Crippen molar-refractivity contribution in [1.29, 1.82) is 0 Å². The zero-order valence-electron chi connectivity index (χ0n) is 16.2. The van der Waals surface area contributed by atoms with E-state index in [0.29, 0.717) is 32.3 Å². The first-order chi connectivity index (χ1) is 12.6. The predicted molar refractivity (Wildman–Crippen MR) is 120 cm³/mol. The third-order valence-electron chi connectivity index (χ3n) is 4.42. The molecule has 7 nitrogen and oxygen atoms in total. The van der Waals surface area contributed by atoms with Gasteiger partial charge in [-0.2, -0.15) is 0 Å². The number of ether oxygens (including phenoxy) is 1. The van der Waals surface area contributed by atoms with Crippen molar-refractivity contribution in [3.05, 3.63) is 29.8 Å². The van der Waals surface area contributed by atoms with Crippen molar-refractivity contribution in [2.45, 2.75) is 39.2 Å². The Morgan fingerprint density at radius 1 is 1.33 bits per heavy atom. The van der Waals surface area contributed by atoms with Crippen LogP contribution in [0.15, 0.2) is 29.3 Å². The quantitative estimate of drug-likeness (QED) is 0.238. The molecule has 0 bridgehead atoms. The number of para-hydroxylation sites is 1. The van der Waals surface area contributed by atoms with Gasteiger partial charge in [0.25, 0.3) is 0 Å². The van der Waals surface area contributed by atoms with Gasteiger partial charge in [-0.15, -0.1) is 24.0 Å². The molecule has 0 spiro atoms. The fourth-order valence-corrected chi connectivity index (χ4v) is 2.91. The lowest BCUT2D eigenvalue weighted by atomic mass is 10.1. The number of aryl methyl sites for hydroxylation is 1. The summed E-state index contributed by atoms with van der Waals surface area (Å²) in [6.45, 7) is 7.63. The number of hydrogen-bond acceptors (Lipinski definition) is 3. The third kappa shape index (κ3) is 8.23. The maximum Gasteiger partial charge on any atom is 0.314 e. The number of nitrogens with two attached hydrogens (primary N) is 1. The van der Waals surface area contributed by atoms with Crippen molar-refractivity contribution < 1.29 is 9.53 Å². The lowest BCUT2D eigenvalue weighted by Gasteiger charge is -2.32. The van der Waals surface area contributed by atoms with Gasteiger partial charge in [0.2, 0.25) is 0 Å². The molecule has 1 aliphatic rings. The fourth-order valence-electron chi connectivity index (χ4n) is 2.91. The van der Waals surface area contributed by atoms with Gasteiger partial charge in [-0.05, 0) is 38.3 Å². The van der Waals surface area contributed by atoms with E-state index < -0.39 is 0 Å². The fraction of sp³-hybridized carbons (Fsp3) is 0.579. The van der Waals surface area contributed by atoms with Crippen LogP contribution in [0.2, 0.25) is 0 Å². The monoisotopic (exact) mass is 489 g/mol. The number of amides is 2. The second kappa shape index (κ2) is 12.6. The number of primary amides is 1. The molecule has 4 N–H and O–H groups in total. The van der Waals surface area contributed by atoms with E-state index in [1.54, 1.807) is 4.90 Å². The Labute approximate surface area is 179 Å². The number of benzene rings is 1. The zero-order valence-corrected chi connectivity index (χ0v) is 18.6. The first kappa shape index (κ1) is 23.3. The highest BCUT2D eigenvalue weighted by Crippen LogP contribution is 2.16. The molecule has 152 valence electrons. The smallest absolute Gasteiger partial charge is 0.314 e. The maximum absolute atomic E-state index is 11.2. The van der Waals surface area contributed by atoms with Crippen LogP contribution >= 0.6 is 24.0 Å². The Bertz CT molecular complexity index is 604. The van der Waals surface area contributed by atoms with Gasteiger partial charge >= 0.3 is 6.03 Å². The highest BCUT2D eigenvalue weighted by molar-refractivity contribution is 14.0. The standard InChI is InChI=1S/C19H31N5O2.HI/c1-3-21-19(23-16-9-12-24(13-10-16)18(20)25)22-11-6-14-26-17-8-5-4-7-15(17)2;/h4-5,7-8,16H,3,6,9-14H2,1-2H3,(H2,20,25)(H2,21,22,23);1H. The second-order valence-corrected chi connectivity index (χ2v) is 6.47. The minimum Gasteiger partial charge on any atom is -0.493 e. The molecule has 0 aromatic heterocycles. The number of piperidine rings is 1. The molecular weight excluding hydrogens is 457 g/mol. The number of aliphatic imine (C=N–C) groups is 1. The van der Waals surface area contributed by atoms with Gasteiger partial charge in [-0.3, -0.25) is 4.99 Å². The summed E-state index contributed by atoms with van der Waals surface area (Å²) in [5.74, 6) is 1.75. The molecular formula is C19H32IN5O2. The molecule has 1 fully saturated rings. The summed E-state index contributed by atoms with van der Waals surface area (Å²) in [5, 5.41) is 6.73. The normalized spacial score (nSPS) is 15.0. The Morgan fingerprint density at radius 3 is 2.67 bits per heavy atom. The molecule has 2 amide bonds. The van der Waals surface area contributed by atoms with E-state index >= 15 is 0 Å². The molecule has 27 heavy (non-hydrogen) atoms. The SMILES string of the molecule is CCNC(=NCCCOc1ccccc1C)NC1CCN(C(N)=O)CC1.I. The molecule has 1 aliphatic heterocycles. The molecule has 2 rings (SSSR count). The molecule has 0 saturated carbocycles. The summed E-state index contributed by atoms with van der Waals surface area (Å²) in [7, 11) is 0. The van der Waals surface area contributed by atoms with E-state index in [-0.39, 0.29) is 30.0 Å². The van der Waals surface area contributed by atoms with Crippen LogP contribution in [0.4, 0.5) is 4.79 Å². The van der Waals surface area contributed by atoms with Crippen LogP contribution in [0.5, 0.6) is 5.75 Å². The molecule has 1 heterocycles. The Hall–Kier alpha value is -1.71. The van der Waals surface area contributed by atoms with Gasteiger partial charge in [0, 0.05) is 38.6 Å². The average molecular weight is 489 g/mol. The van der Waals surface area contributed by atoms with Crippen molar-refractivity contribution in [2.75, 3.05) is 32.8 Å². The van der Waals surface area contributed by atoms with E-state index in [1.807, 2.05) is 38.1 Å². The number of likely N-dealkylation sites (tertiary alicyclic amines) is 1. The highest BCUT2D eigenvalue weighted by Gasteiger charge is 2.21. The Balaban J connectivity index is 0.00000364. The molecule has 0 aliphatic carbocycles. The first-order valence-corrected chi connectivity index (χ1v) is 9.37. The van der Waals surface area contributed by atoms with Gasteiger partial charge in [0.1, 0.15) is 5.75 Å². The number of urea groups is 1. The van der Waals surface area contributed by atoms with E-state index in [4.69, 9.17) is 10.5 Å². The average Bonchev–Trinajstić information content (AvgIpc) is 2.63. The number of carbonyl (C=O) groups excluding carboxylic acids is 1. The van der Waals surface area contributed by atoms with Crippen molar-refractivity contribution in [3.8, 4) is 5.75 Å². The first-order valence-electron chi connectivity index (χ1n) is 9.37. The van der Waals surface area contributed by atoms with Gasteiger partial charge in [0.05, 0.1) is 6.61 Å². The number of rotatable bonds is 7.